The molecule has 0 aromatic carbocycles. The van der Waals surface area contributed by atoms with Crippen LogP contribution in [0.4, 0.5) is 0 Å². The summed E-state index contributed by atoms with van der Waals surface area (Å²) < 4.78 is 4.16. The third kappa shape index (κ3) is 8.08. The van der Waals surface area contributed by atoms with E-state index in [-0.39, 0.29) is 12.4 Å². The van der Waals surface area contributed by atoms with Crippen LogP contribution in [0.3, 0.4) is 0 Å². The summed E-state index contributed by atoms with van der Waals surface area (Å²) in [5.74, 6) is 0. The molecule has 4 heteroatoms. The lowest BCUT2D eigenvalue weighted by Crippen LogP contribution is -3.00. The molecule has 1 N–H and O–H groups in total. The summed E-state index contributed by atoms with van der Waals surface area (Å²) in [4.78, 5) is 0. The lowest BCUT2D eigenvalue weighted by Gasteiger charge is -1.81. The van der Waals surface area contributed by atoms with Gasteiger partial charge in [0.15, 0.2) is 0 Å². The second kappa shape index (κ2) is 10.5. The van der Waals surface area contributed by atoms with Crippen molar-refractivity contribution in [2.75, 3.05) is 6.61 Å². The highest BCUT2D eigenvalue weighted by Gasteiger charge is 1.92. The Hall–Kier alpha value is -0.540. The smallest absolute Gasteiger partial charge is 0.243 e. The molecule has 3 nitrogen and oxygen atoms in total. The average molecular weight is 221 g/mol. The van der Waals surface area contributed by atoms with Crippen molar-refractivity contribution >= 4 is 0 Å². The normalized spacial score (nSPS) is 8.57. The number of rotatable bonds is 3. The molecule has 0 spiro atoms. The van der Waals surface area contributed by atoms with Crippen molar-refractivity contribution in [1.82, 2.24) is 4.57 Å². The highest BCUT2D eigenvalue weighted by atomic mass is 35.5. The van der Waals surface area contributed by atoms with Gasteiger partial charge >= 0.3 is 0 Å². The number of aliphatic hydroxyl groups is 1. The van der Waals surface area contributed by atoms with Gasteiger partial charge in [-0.1, -0.05) is 13.3 Å². The number of nitrogens with zero attached hydrogens (tertiary/aromatic N) is 2. The zero-order valence-electron chi connectivity index (χ0n) is 9.28. The molecule has 84 valence electrons. The molecule has 0 aliphatic carbocycles. The maximum absolute atomic E-state index is 8.07. The Labute approximate surface area is 92.8 Å². The Kier molecular flexibility index (Phi) is 12.0. The van der Waals surface area contributed by atoms with Crippen LogP contribution in [0.15, 0.2) is 18.7 Å². The quantitative estimate of drug-likeness (QED) is 0.594. The summed E-state index contributed by atoms with van der Waals surface area (Å²) in [5.41, 5.74) is 0. The van der Waals surface area contributed by atoms with Crippen molar-refractivity contribution in [2.24, 2.45) is 7.05 Å². The first-order valence-electron chi connectivity index (χ1n) is 4.86. The van der Waals surface area contributed by atoms with Gasteiger partial charge in [-0.05, 0) is 13.3 Å². The van der Waals surface area contributed by atoms with Crippen LogP contribution >= 0.6 is 0 Å². The number of hydrogen-bond acceptors (Lipinski definition) is 1. The van der Waals surface area contributed by atoms with Gasteiger partial charge in [0.1, 0.15) is 12.4 Å². The van der Waals surface area contributed by atoms with E-state index in [0.717, 1.165) is 19.4 Å². The van der Waals surface area contributed by atoms with Gasteiger partial charge in [0.25, 0.3) is 0 Å². The molecule has 0 bridgehead atoms. The van der Waals surface area contributed by atoms with E-state index in [0.29, 0.717) is 6.61 Å². The minimum Gasteiger partial charge on any atom is -1.00 e. The fraction of sp³-hybridized carbons (Fsp3) is 0.700. The van der Waals surface area contributed by atoms with Gasteiger partial charge in [0.05, 0.1) is 13.6 Å². The zero-order chi connectivity index (χ0) is 10.1. The van der Waals surface area contributed by atoms with Gasteiger partial charge < -0.3 is 17.5 Å². The minimum atomic E-state index is 0. The van der Waals surface area contributed by atoms with Crippen LogP contribution in [0, 0.1) is 0 Å². The Balaban J connectivity index is 0. The molecular formula is C10H21ClN2O. The van der Waals surface area contributed by atoms with Crippen molar-refractivity contribution in [1.29, 1.82) is 0 Å². The summed E-state index contributed by atoms with van der Waals surface area (Å²) in [7, 11) is 2.02. The molecular weight excluding hydrogens is 200 g/mol. The van der Waals surface area contributed by atoms with Crippen molar-refractivity contribution in [3.05, 3.63) is 18.7 Å². The summed E-state index contributed by atoms with van der Waals surface area (Å²) in [6.07, 6.45) is 8.18. The first-order valence-corrected chi connectivity index (χ1v) is 4.86. The molecule has 0 saturated carbocycles. The topological polar surface area (TPSA) is 29.0 Å². The van der Waals surface area contributed by atoms with Gasteiger partial charge in [-0.25, -0.2) is 9.13 Å². The molecule has 0 aliphatic rings. The standard InChI is InChI=1S/C6H11N2.C4H10O.ClH/c1-3-8-5-4-7(2)6-8;1-2-3-4-5;/h4-6H,3H2,1-2H3;5H,2-4H2,1H3;1H/q+1;;/p-1. The second-order valence-electron chi connectivity index (χ2n) is 2.99. The molecule has 1 heterocycles. The van der Waals surface area contributed by atoms with E-state index < -0.39 is 0 Å². The first-order chi connectivity index (χ1) is 6.24. The summed E-state index contributed by atoms with van der Waals surface area (Å²) in [6, 6.07) is 0. The Morgan fingerprint density at radius 2 is 2.00 bits per heavy atom. The van der Waals surface area contributed by atoms with Gasteiger partial charge in [-0.2, -0.15) is 0 Å². The van der Waals surface area contributed by atoms with Crippen molar-refractivity contribution in [3.63, 3.8) is 0 Å². The summed E-state index contributed by atoms with van der Waals surface area (Å²) >= 11 is 0. The van der Waals surface area contributed by atoms with Gasteiger partial charge in [-0.15, -0.1) is 0 Å². The van der Waals surface area contributed by atoms with Gasteiger partial charge in [0, 0.05) is 6.61 Å². The lowest BCUT2D eigenvalue weighted by atomic mass is 10.4. The van der Waals surface area contributed by atoms with Crippen molar-refractivity contribution in [3.8, 4) is 0 Å². The Morgan fingerprint density at radius 1 is 1.36 bits per heavy atom. The van der Waals surface area contributed by atoms with E-state index in [1.165, 1.54) is 0 Å². The van der Waals surface area contributed by atoms with E-state index >= 15 is 0 Å². The molecule has 0 unspecified atom stereocenters. The Bertz CT molecular complexity index is 212. The van der Waals surface area contributed by atoms with Crippen LogP contribution in [0.1, 0.15) is 26.7 Å². The predicted octanol–water partition coefficient (Wildman–Crippen LogP) is -1.88. The van der Waals surface area contributed by atoms with E-state index in [2.05, 4.69) is 30.9 Å². The minimum absolute atomic E-state index is 0. The number of aliphatic hydroxyl groups excluding tert-OH is 1. The predicted molar refractivity (Wildman–Crippen MR) is 53.3 cm³/mol. The van der Waals surface area contributed by atoms with E-state index in [1.54, 1.807) is 0 Å². The molecule has 0 atom stereocenters. The van der Waals surface area contributed by atoms with Gasteiger partial charge in [0.2, 0.25) is 6.33 Å². The third-order valence-corrected chi connectivity index (χ3v) is 1.70. The number of halogens is 1. The number of imidazole rings is 1. The number of aromatic nitrogens is 2. The zero-order valence-corrected chi connectivity index (χ0v) is 10.0. The maximum Gasteiger partial charge on any atom is 0.243 e. The highest BCUT2D eigenvalue weighted by molar-refractivity contribution is 4.63. The molecule has 1 aromatic rings. The first kappa shape index (κ1) is 15.9. The molecule has 0 fully saturated rings. The largest absolute Gasteiger partial charge is 1.00 e. The average Bonchev–Trinajstić information content (AvgIpc) is 2.54. The number of unbranched alkanes of at least 4 members (excludes halogenated alkanes) is 1. The SMILES string of the molecule is CCCCO.CCn1cc[n+](C)c1.[Cl-]. The number of aryl methyl sites for hydroxylation is 2. The van der Waals surface area contributed by atoms with Crippen LogP contribution in [-0.4, -0.2) is 16.3 Å². The monoisotopic (exact) mass is 220 g/mol. The van der Waals surface area contributed by atoms with Crippen LogP contribution < -0.4 is 17.0 Å². The van der Waals surface area contributed by atoms with Crippen molar-refractivity contribution < 1.29 is 22.1 Å². The fourth-order valence-electron chi connectivity index (χ4n) is 0.847. The molecule has 0 amide bonds. The van der Waals surface area contributed by atoms with Crippen molar-refractivity contribution in [2.45, 2.75) is 33.2 Å². The molecule has 0 saturated heterocycles. The number of hydrogen-bond donors (Lipinski definition) is 1. The molecule has 1 rings (SSSR count). The third-order valence-electron chi connectivity index (χ3n) is 1.70. The summed E-state index contributed by atoms with van der Waals surface area (Å²) in [6.45, 7) is 5.58. The Morgan fingerprint density at radius 3 is 2.14 bits per heavy atom. The van der Waals surface area contributed by atoms with Crippen LogP contribution in [-0.2, 0) is 13.6 Å². The molecule has 1 aromatic heterocycles. The molecule has 0 radical (unpaired) electrons. The molecule has 0 aliphatic heterocycles. The van der Waals surface area contributed by atoms with Crippen LogP contribution in [0.2, 0.25) is 0 Å². The second-order valence-corrected chi connectivity index (χ2v) is 2.99. The van der Waals surface area contributed by atoms with E-state index in [1.807, 2.05) is 17.8 Å². The van der Waals surface area contributed by atoms with E-state index in [4.69, 9.17) is 5.11 Å². The highest BCUT2D eigenvalue weighted by Crippen LogP contribution is 1.79. The van der Waals surface area contributed by atoms with Crippen LogP contribution in [0.25, 0.3) is 0 Å². The fourth-order valence-corrected chi connectivity index (χ4v) is 0.847. The van der Waals surface area contributed by atoms with E-state index in [9.17, 15) is 0 Å². The maximum atomic E-state index is 8.07. The van der Waals surface area contributed by atoms with Crippen LogP contribution in [0.5, 0.6) is 0 Å². The van der Waals surface area contributed by atoms with Gasteiger partial charge in [-0.3, -0.25) is 0 Å². The lowest BCUT2D eigenvalue weighted by molar-refractivity contribution is -0.671. The summed E-state index contributed by atoms with van der Waals surface area (Å²) in [5, 5.41) is 8.07. The molecule has 14 heavy (non-hydrogen) atoms.